The monoisotopic (exact) mass is 391 g/mol. The first kappa shape index (κ1) is 20.9. The molecule has 0 aliphatic rings. The molecule has 0 radical (unpaired) electrons. The van der Waals surface area contributed by atoms with Crippen molar-refractivity contribution in [3.05, 3.63) is 40.4 Å². The number of anilines is 2. The van der Waals surface area contributed by atoms with Crippen molar-refractivity contribution in [3.63, 3.8) is 0 Å². The molecule has 27 heavy (non-hydrogen) atoms. The molecule has 2 aromatic rings. The third-order valence-corrected chi connectivity index (χ3v) is 5.18. The smallest absolute Gasteiger partial charge is 0.338 e. The van der Waals surface area contributed by atoms with Gasteiger partial charge in [-0.3, -0.25) is 4.79 Å². The standard InChI is InChI=1S/C19H25N3O4S/c1-4-22(5-2)10-11-26-18(25)14-6-8-15(9-7-14)21-19-20-13(3)16(27-19)12-17(23)24/h6-9H,4-5,10-12H2,1-3H3,(H,20,21)(H,23,24). The first-order valence-corrected chi connectivity index (χ1v) is 9.69. The molecule has 146 valence electrons. The number of carbonyl (C=O) groups is 2. The van der Waals surface area contributed by atoms with Crippen LogP contribution in [-0.4, -0.2) is 53.2 Å². The minimum atomic E-state index is -0.878. The van der Waals surface area contributed by atoms with Gasteiger partial charge in [0.15, 0.2) is 5.13 Å². The topological polar surface area (TPSA) is 91.8 Å². The molecule has 0 aliphatic heterocycles. The Balaban J connectivity index is 1.91. The van der Waals surface area contributed by atoms with Crippen molar-refractivity contribution >= 4 is 34.1 Å². The van der Waals surface area contributed by atoms with Gasteiger partial charge in [0.1, 0.15) is 6.61 Å². The highest BCUT2D eigenvalue weighted by atomic mass is 32.1. The van der Waals surface area contributed by atoms with Crippen LogP contribution in [0.25, 0.3) is 0 Å². The zero-order chi connectivity index (χ0) is 19.8. The number of hydrogen-bond donors (Lipinski definition) is 2. The number of carbonyl (C=O) groups excluding carboxylic acids is 1. The second-order valence-corrected chi connectivity index (χ2v) is 7.05. The molecule has 0 aliphatic carbocycles. The maximum atomic E-state index is 12.1. The van der Waals surface area contributed by atoms with Crippen LogP contribution in [0.1, 0.15) is 34.8 Å². The van der Waals surface area contributed by atoms with Crippen LogP contribution in [0.3, 0.4) is 0 Å². The number of esters is 1. The largest absolute Gasteiger partial charge is 0.481 e. The minimum absolute atomic E-state index is 0.0382. The highest BCUT2D eigenvalue weighted by Crippen LogP contribution is 2.26. The Hall–Kier alpha value is -2.45. The van der Waals surface area contributed by atoms with Crippen molar-refractivity contribution in [2.45, 2.75) is 27.2 Å². The quantitative estimate of drug-likeness (QED) is 0.600. The van der Waals surface area contributed by atoms with Crippen LogP contribution in [0.4, 0.5) is 10.8 Å². The third-order valence-electron chi connectivity index (χ3n) is 4.11. The van der Waals surface area contributed by atoms with Crippen molar-refractivity contribution in [1.82, 2.24) is 9.88 Å². The number of hydrogen-bond acceptors (Lipinski definition) is 7. The second-order valence-electron chi connectivity index (χ2n) is 5.96. The molecule has 2 rings (SSSR count). The van der Waals surface area contributed by atoms with Crippen molar-refractivity contribution < 1.29 is 19.4 Å². The maximum absolute atomic E-state index is 12.1. The summed E-state index contributed by atoms with van der Waals surface area (Å²) in [5.41, 5.74) is 1.96. The highest BCUT2D eigenvalue weighted by molar-refractivity contribution is 7.15. The molecule has 0 bridgehead atoms. The van der Waals surface area contributed by atoms with Crippen LogP contribution in [-0.2, 0) is 16.0 Å². The predicted octanol–water partition coefficient (Wildman–Crippen LogP) is 3.32. The van der Waals surface area contributed by atoms with E-state index in [0.717, 1.165) is 30.2 Å². The molecule has 0 fully saturated rings. The summed E-state index contributed by atoms with van der Waals surface area (Å²) in [6.07, 6.45) is -0.0382. The Kier molecular flexibility index (Phi) is 7.75. The van der Waals surface area contributed by atoms with Crippen molar-refractivity contribution in [2.24, 2.45) is 0 Å². The molecule has 0 saturated carbocycles. The lowest BCUT2D eigenvalue weighted by atomic mass is 10.2. The summed E-state index contributed by atoms with van der Waals surface area (Å²) >= 11 is 1.31. The molecule has 7 nitrogen and oxygen atoms in total. The van der Waals surface area contributed by atoms with Crippen LogP contribution < -0.4 is 5.32 Å². The Bertz CT molecular complexity index is 770. The molecular weight excluding hydrogens is 366 g/mol. The second kappa shape index (κ2) is 10.0. The van der Waals surface area contributed by atoms with Crippen molar-refractivity contribution in [3.8, 4) is 0 Å². The number of nitrogens with one attached hydrogen (secondary N) is 1. The summed E-state index contributed by atoms with van der Waals surface area (Å²) in [4.78, 5) is 30.2. The van der Waals surface area contributed by atoms with E-state index in [1.54, 1.807) is 31.2 Å². The zero-order valence-corrected chi connectivity index (χ0v) is 16.6. The molecule has 8 heteroatoms. The van der Waals surface area contributed by atoms with E-state index in [1.807, 2.05) is 0 Å². The first-order chi connectivity index (χ1) is 12.9. The summed E-state index contributed by atoms with van der Waals surface area (Å²) in [5, 5.41) is 12.7. The fraction of sp³-hybridized carbons (Fsp3) is 0.421. The van der Waals surface area contributed by atoms with E-state index in [2.05, 4.69) is 29.0 Å². The molecule has 1 heterocycles. The van der Waals surface area contributed by atoms with Gasteiger partial charge in [0.2, 0.25) is 0 Å². The molecule has 0 saturated heterocycles. The number of ether oxygens (including phenoxy) is 1. The number of carboxylic acid groups (broad SMARTS) is 1. The van der Waals surface area contributed by atoms with Crippen molar-refractivity contribution in [1.29, 1.82) is 0 Å². The van der Waals surface area contributed by atoms with Gasteiger partial charge in [0, 0.05) is 17.1 Å². The Labute approximate surface area is 163 Å². The molecule has 0 unspecified atom stereocenters. The van der Waals surface area contributed by atoms with Gasteiger partial charge in [-0.05, 0) is 44.3 Å². The summed E-state index contributed by atoms with van der Waals surface area (Å²) in [6, 6.07) is 6.94. The number of benzene rings is 1. The van der Waals surface area contributed by atoms with Gasteiger partial charge in [-0.15, -0.1) is 11.3 Å². The lowest BCUT2D eigenvalue weighted by Crippen LogP contribution is -2.27. The minimum Gasteiger partial charge on any atom is -0.481 e. The Morgan fingerprint density at radius 1 is 1.22 bits per heavy atom. The number of likely N-dealkylation sites (N-methyl/N-ethyl adjacent to an activating group) is 1. The third kappa shape index (κ3) is 6.33. The summed E-state index contributed by atoms with van der Waals surface area (Å²) in [5.74, 6) is -1.22. The van der Waals surface area contributed by atoms with E-state index < -0.39 is 5.97 Å². The maximum Gasteiger partial charge on any atom is 0.338 e. The number of nitrogens with zero attached hydrogens (tertiary/aromatic N) is 2. The van der Waals surface area contributed by atoms with Gasteiger partial charge in [0.25, 0.3) is 0 Å². The fourth-order valence-corrected chi connectivity index (χ4v) is 3.46. The summed E-state index contributed by atoms with van der Waals surface area (Å²) < 4.78 is 5.31. The van der Waals surface area contributed by atoms with E-state index in [9.17, 15) is 9.59 Å². The van der Waals surface area contributed by atoms with Crippen LogP contribution in [0, 0.1) is 6.92 Å². The van der Waals surface area contributed by atoms with Crippen LogP contribution >= 0.6 is 11.3 Å². The molecule has 1 aromatic heterocycles. The fourth-order valence-electron chi connectivity index (χ4n) is 2.49. The molecule has 1 aromatic carbocycles. The lowest BCUT2D eigenvalue weighted by molar-refractivity contribution is -0.136. The van der Waals surface area contributed by atoms with E-state index in [1.165, 1.54) is 11.3 Å². The number of carboxylic acids is 1. The van der Waals surface area contributed by atoms with Gasteiger partial charge in [-0.25, -0.2) is 9.78 Å². The van der Waals surface area contributed by atoms with E-state index in [0.29, 0.717) is 23.0 Å². The Morgan fingerprint density at radius 3 is 2.48 bits per heavy atom. The molecule has 0 amide bonds. The van der Waals surface area contributed by atoms with Gasteiger partial charge >= 0.3 is 11.9 Å². The number of rotatable bonds is 10. The van der Waals surface area contributed by atoms with Crippen LogP contribution in [0.2, 0.25) is 0 Å². The average Bonchev–Trinajstić information content (AvgIpc) is 2.97. The normalized spacial score (nSPS) is 10.8. The highest BCUT2D eigenvalue weighted by Gasteiger charge is 2.12. The lowest BCUT2D eigenvalue weighted by Gasteiger charge is -2.17. The summed E-state index contributed by atoms with van der Waals surface area (Å²) in [6.45, 7) is 8.89. The number of aliphatic carboxylic acids is 1. The van der Waals surface area contributed by atoms with Gasteiger partial charge in [-0.2, -0.15) is 0 Å². The molecule has 0 spiro atoms. The van der Waals surface area contributed by atoms with E-state index in [-0.39, 0.29) is 12.4 Å². The number of aryl methyl sites for hydroxylation is 1. The number of aromatic nitrogens is 1. The van der Waals surface area contributed by atoms with E-state index in [4.69, 9.17) is 9.84 Å². The van der Waals surface area contributed by atoms with Gasteiger partial charge < -0.3 is 20.1 Å². The first-order valence-electron chi connectivity index (χ1n) is 8.87. The van der Waals surface area contributed by atoms with Gasteiger partial charge in [0.05, 0.1) is 17.7 Å². The zero-order valence-electron chi connectivity index (χ0n) is 15.8. The molecular formula is C19H25N3O4S. The van der Waals surface area contributed by atoms with Crippen molar-refractivity contribution in [2.75, 3.05) is 31.6 Å². The van der Waals surface area contributed by atoms with Crippen LogP contribution in [0.15, 0.2) is 24.3 Å². The van der Waals surface area contributed by atoms with Crippen LogP contribution in [0.5, 0.6) is 0 Å². The Morgan fingerprint density at radius 2 is 1.89 bits per heavy atom. The van der Waals surface area contributed by atoms with E-state index >= 15 is 0 Å². The van der Waals surface area contributed by atoms with Gasteiger partial charge in [-0.1, -0.05) is 13.8 Å². The predicted molar refractivity (Wildman–Crippen MR) is 106 cm³/mol. The SMILES string of the molecule is CCN(CC)CCOC(=O)c1ccc(Nc2nc(C)c(CC(=O)O)s2)cc1. The molecule has 2 N–H and O–H groups in total. The molecule has 0 atom stereocenters. The summed E-state index contributed by atoms with van der Waals surface area (Å²) in [7, 11) is 0. The number of thiazole rings is 1. The average molecular weight is 391 g/mol.